The van der Waals surface area contributed by atoms with Crippen LogP contribution in [0, 0.1) is 0 Å². The predicted molar refractivity (Wildman–Crippen MR) is 106 cm³/mol. The normalized spacial score (nSPS) is 12.6. The van der Waals surface area contributed by atoms with E-state index in [9.17, 15) is 9.59 Å². The summed E-state index contributed by atoms with van der Waals surface area (Å²) in [7, 11) is 0. The smallest absolute Gasteiger partial charge is 0.266 e. The van der Waals surface area contributed by atoms with Crippen molar-refractivity contribution in [3.63, 3.8) is 0 Å². The highest BCUT2D eigenvalue weighted by atomic mass is 35.5. The summed E-state index contributed by atoms with van der Waals surface area (Å²) in [6.45, 7) is 0. The number of H-pyrrole nitrogens is 1. The van der Waals surface area contributed by atoms with E-state index in [1.807, 2.05) is 36.6 Å². The van der Waals surface area contributed by atoms with Crippen LogP contribution >= 0.6 is 34.7 Å². The van der Waals surface area contributed by atoms with Crippen molar-refractivity contribution in [3.8, 4) is 0 Å². The van der Waals surface area contributed by atoms with Gasteiger partial charge in [-0.05, 0) is 42.2 Å². The SMILES string of the molecule is CSc1ccc(/C=c2\s/c(=C\C(=O)c3ccccc3Cl)[nH]c2=O)cc1. The number of aromatic amines is 1. The van der Waals surface area contributed by atoms with E-state index >= 15 is 0 Å². The summed E-state index contributed by atoms with van der Waals surface area (Å²) < 4.78 is 1.05. The second-order valence-corrected chi connectivity index (χ2v) is 7.56. The molecule has 1 N–H and O–H groups in total. The lowest BCUT2D eigenvalue weighted by atomic mass is 10.1. The van der Waals surface area contributed by atoms with E-state index in [4.69, 9.17) is 11.6 Å². The average molecular weight is 388 g/mol. The fourth-order valence-corrected chi connectivity index (χ4v) is 3.76. The molecule has 6 heteroatoms. The summed E-state index contributed by atoms with van der Waals surface area (Å²) in [6, 6.07) is 14.8. The Labute approximate surface area is 157 Å². The van der Waals surface area contributed by atoms with E-state index in [0.29, 0.717) is 19.8 Å². The second-order valence-electron chi connectivity index (χ2n) is 5.19. The summed E-state index contributed by atoms with van der Waals surface area (Å²) in [4.78, 5) is 28.3. The van der Waals surface area contributed by atoms with Crippen molar-refractivity contribution >= 4 is 52.6 Å². The molecule has 25 heavy (non-hydrogen) atoms. The lowest BCUT2D eigenvalue weighted by Crippen LogP contribution is -2.20. The highest BCUT2D eigenvalue weighted by Gasteiger charge is 2.07. The molecule has 0 saturated carbocycles. The Morgan fingerprint density at radius 2 is 1.88 bits per heavy atom. The number of carbonyl (C=O) groups is 1. The van der Waals surface area contributed by atoms with Gasteiger partial charge in [-0.3, -0.25) is 9.59 Å². The van der Waals surface area contributed by atoms with Gasteiger partial charge in [0, 0.05) is 16.5 Å². The fraction of sp³-hybridized carbons (Fsp3) is 0.0526. The number of carbonyl (C=O) groups excluding carboxylic acids is 1. The Bertz CT molecular complexity index is 1080. The molecule has 3 rings (SSSR count). The van der Waals surface area contributed by atoms with Crippen molar-refractivity contribution in [1.82, 2.24) is 4.98 Å². The average Bonchev–Trinajstić information content (AvgIpc) is 2.95. The highest BCUT2D eigenvalue weighted by molar-refractivity contribution is 7.98. The molecule has 0 aliphatic carbocycles. The van der Waals surface area contributed by atoms with Gasteiger partial charge in [0.1, 0.15) is 0 Å². The van der Waals surface area contributed by atoms with Gasteiger partial charge in [-0.2, -0.15) is 0 Å². The molecular formula is C19H14ClNO2S2. The molecule has 0 aliphatic heterocycles. The maximum Gasteiger partial charge on any atom is 0.266 e. The van der Waals surface area contributed by atoms with Crippen LogP contribution in [-0.4, -0.2) is 17.0 Å². The molecular weight excluding hydrogens is 374 g/mol. The molecule has 0 fully saturated rings. The number of hydrogen-bond donors (Lipinski definition) is 1. The molecule has 2 aromatic carbocycles. The monoisotopic (exact) mass is 387 g/mol. The second kappa shape index (κ2) is 7.87. The van der Waals surface area contributed by atoms with E-state index in [1.54, 1.807) is 36.0 Å². The summed E-state index contributed by atoms with van der Waals surface area (Å²) >= 11 is 8.95. The third-order valence-electron chi connectivity index (χ3n) is 3.50. The molecule has 1 aromatic heterocycles. The van der Waals surface area contributed by atoms with Crippen molar-refractivity contribution in [2.24, 2.45) is 0 Å². The summed E-state index contributed by atoms with van der Waals surface area (Å²) in [5, 5.41) is 0.392. The Balaban J connectivity index is 1.97. The van der Waals surface area contributed by atoms with Crippen LogP contribution in [0.25, 0.3) is 12.2 Å². The van der Waals surface area contributed by atoms with Gasteiger partial charge in [0.2, 0.25) is 0 Å². The number of ketones is 1. The Hall–Kier alpha value is -2.08. The highest BCUT2D eigenvalue weighted by Crippen LogP contribution is 2.16. The molecule has 0 spiro atoms. The van der Waals surface area contributed by atoms with E-state index < -0.39 is 0 Å². The van der Waals surface area contributed by atoms with Crippen molar-refractivity contribution in [3.05, 3.63) is 84.2 Å². The molecule has 126 valence electrons. The minimum absolute atomic E-state index is 0.211. The maximum absolute atomic E-state index is 12.3. The van der Waals surface area contributed by atoms with Crippen molar-refractivity contribution in [1.29, 1.82) is 0 Å². The Morgan fingerprint density at radius 1 is 1.16 bits per heavy atom. The third-order valence-corrected chi connectivity index (χ3v) is 5.53. The quantitative estimate of drug-likeness (QED) is 0.552. The van der Waals surface area contributed by atoms with Gasteiger partial charge in [0.25, 0.3) is 5.56 Å². The van der Waals surface area contributed by atoms with Crippen LogP contribution in [0.1, 0.15) is 15.9 Å². The molecule has 0 bridgehead atoms. The zero-order valence-corrected chi connectivity index (χ0v) is 15.7. The number of benzene rings is 2. The Kier molecular flexibility index (Phi) is 5.58. The first-order valence-corrected chi connectivity index (χ1v) is 9.84. The number of hydrogen-bond acceptors (Lipinski definition) is 4. The fourth-order valence-electron chi connectivity index (χ4n) is 2.23. The Morgan fingerprint density at radius 3 is 2.56 bits per heavy atom. The van der Waals surface area contributed by atoms with Crippen LogP contribution in [0.15, 0.2) is 58.2 Å². The van der Waals surface area contributed by atoms with E-state index in [0.717, 1.165) is 10.5 Å². The summed E-state index contributed by atoms with van der Waals surface area (Å²) in [5.41, 5.74) is 1.14. The summed E-state index contributed by atoms with van der Waals surface area (Å²) in [6.07, 6.45) is 5.23. The van der Waals surface area contributed by atoms with Crippen LogP contribution in [-0.2, 0) is 0 Å². The largest absolute Gasteiger partial charge is 0.313 e. The number of rotatable bonds is 4. The number of nitrogens with one attached hydrogen (secondary N) is 1. The van der Waals surface area contributed by atoms with Crippen LogP contribution in [0.2, 0.25) is 5.02 Å². The van der Waals surface area contributed by atoms with E-state index in [1.165, 1.54) is 17.4 Å². The van der Waals surface area contributed by atoms with Crippen molar-refractivity contribution < 1.29 is 4.79 Å². The van der Waals surface area contributed by atoms with Crippen molar-refractivity contribution in [2.75, 3.05) is 6.26 Å². The zero-order valence-electron chi connectivity index (χ0n) is 13.3. The summed E-state index contributed by atoms with van der Waals surface area (Å²) in [5.74, 6) is -0.237. The minimum Gasteiger partial charge on any atom is -0.313 e. The minimum atomic E-state index is -0.237. The van der Waals surface area contributed by atoms with Gasteiger partial charge in [0.15, 0.2) is 5.78 Å². The van der Waals surface area contributed by atoms with Gasteiger partial charge >= 0.3 is 0 Å². The van der Waals surface area contributed by atoms with Gasteiger partial charge in [-0.25, -0.2) is 0 Å². The van der Waals surface area contributed by atoms with Crippen LogP contribution in [0.4, 0.5) is 0 Å². The number of thiazole rings is 1. The zero-order chi connectivity index (χ0) is 17.8. The number of Topliss-reactive ketones (excluding diaryl/α,β-unsaturated/α-hetero) is 1. The third kappa shape index (κ3) is 4.31. The van der Waals surface area contributed by atoms with Gasteiger partial charge in [-0.1, -0.05) is 35.9 Å². The molecule has 3 nitrogen and oxygen atoms in total. The van der Waals surface area contributed by atoms with Crippen LogP contribution in [0.3, 0.4) is 0 Å². The van der Waals surface area contributed by atoms with Crippen molar-refractivity contribution in [2.45, 2.75) is 4.90 Å². The number of halogens is 1. The van der Waals surface area contributed by atoms with E-state index in [-0.39, 0.29) is 11.3 Å². The first kappa shape index (κ1) is 17.7. The number of aromatic nitrogens is 1. The standard InChI is InChI=1S/C19H14ClNO2S2/c1-24-13-8-6-12(7-9-13)10-17-19(23)21-18(25-17)11-16(22)14-4-2-3-5-15(14)20/h2-11H,1H3,(H,21,23)/b17-10-,18-11-. The molecule has 0 aliphatic rings. The number of thioether (sulfide) groups is 1. The molecule has 1 heterocycles. The molecule has 0 atom stereocenters. The van der Waals surface area contributed by atoms with E-state index in [2.05, 4.69) is 4.98 Å². The molecule has 0 amide bonds. The first-order chi connectivity index (χ1) is 12.1. The molecule has 0 unspecified atom stereocenters. The maximum atomic E-state index is 12.3. The van der Waals surface area contributed by atoms with Crippen LogP contribution in [0.5, 0.6) is 0 Å². The first-order valence-electron chi connectivity index (χ1n) is 7.42. The topological polar surface area (TPSA) is 49.9 Å². The predicted octanol–water partition coefficient (Wildman–Crippen LogP) is 3.30. The lowest BCUT2D eigenvalue weighted by Gasteiger charge is -1.97. The molecule has 0 saturated heterocycles. The molecule has 3 aromatic rings. The van der Waals surface area contributed by atoms with Gasteiger partial charge in [-0.15, -0.1) is 23.1 Å². The lowest BCUT2D eigenvalue weighted by molar-refractivity contribution is 0.106. The van der Waals surface area contributed by atoms with Gasteiger partial charge < -0.3 is 4.98 Å². The van der Waals surface area contributed by atoms with Crippen LogP contribution < -0.4 is 14.8 Å². The van der Waals surface area contributed by atoms with Gasteiger partial charge in [0.05, 0.1) is 14.2 Å². The molecule has 0 radical (unpaired) electrons.